The third-order valence-electron chi connectivity index (χ3n) is 4.32. The second-order valence-electron chi connectivity index (χ2n) is 5.65. The molecule has 0 spiro atoms. The van der Waals surface area contributed by atoms with Gasteiger partial charge in [-0.3, -0.25) is 0 Å². The zero-order valence-electron chi connectivity index (χ0n) is 12.6. The summed E-state index contributed by atoms with van der Waals surface area (Å²) in [5, 5.41) is 3.69. The first-order valence-corrected chi connectivity index (χ1v) is 8.90. The van der Waals surface area contributed by atoms with E-state index >= 15 is 0 Å². The van der Waals surface area contributed by atoms with Crippen molar-refractivity contribution in [2.45, 2.75) is 57.6 Å². The van der Waals surface area contributed by atoms with Gasteiger partial charge in [0.2, 0.25) is 0 Å². The molecule has 3 heteroatoms. The summed E-state index contributed by atoms with van der Waals surface area (Å²) in [6.45, 7) is 6.13. The van der Waals surface area contributed by atoms with Crippen LogP contribution in [0, 0.1) is 3.57 Å². The van der Waals surface area contributed by atoms with Gasteiger partial charge >= 0.3 is 0 Å². The van der Waals surface area contributed by atoms with Crippen LogP contribution < -0.4 is 5.32 Å². The van der Waals surface area contributed by atoms with E-state index in [9.17, 15) is 0 Å². The molecule has 1 aliphatic carbocycles. The summed E-state index contributed by atoms with van der Waals surface area (Å²) in [5.74, 6) is 0. The molecule has 1 aromatic carbocycles. The third-order valence-corrected chi connectivity index (χ3v) is 5.04. The number of hydrogen-bond donors (Lipinski definition) is 1. The van der Waals surface area contributed by atoms with E-state index in [1.165, 1.54) is 34.8 Å². The fourth-order valence-corrected chi connectivity index (χ4v) is 3.76. The topological polar surface area (TPSA) is 21.3 Å². The molecule has 0 bridgehead atoms. The molecule has 0 aliphatic heterocycles. The molecule has 1 unspecified atom stereocenters. The van der Waals surface area contributed by atoms with Gasteiger partial charge in [-0.25, -0.2) is 0 Å². The van der Waals surface area contributed by atoms with Crippen LogP contribution in [-0.2, 0) is 11.2 Å². The van der Waals surface area contributed by atoms with E-state index < -0.39 is 0 Å². The third kappa shape index (κ3) is 3.95. The summed E-state index contributed by atoms with van der Waals surface area (Å²) >= 11 is 2.36. The van der Waals surface area contributed by atoms with Crippen LogP contribution in [-0.4, -0.2) is 24.8 Å². The van der Waals surface area contributed by atoms with Gasteiger partial charge in [0.1, 0.15) is 0 Å². The quantitative estimate of drug-likeness (QED) is 0.710. The van der Waals surface area contributed by atoms with Crippen molar-refractivity contribution in [3.63, 3.8) is 0 Å². The summed E-state index contributed by atoms with van der Waals surface area (Å²) in [5.41, 5.74) is 1.45. The predicted molar refractivity (Wildman–Crippen MR) is 93.2 cm³/mol. The van der Waals surface area contributed by atoms with Gasteiger partial charge in [-0.2, -0.15) is 0 Å². The number of rotatable bonds is 7. The number of likely N-dealkylation sites (N-methyl/N-ethyl adjacent to an activating group) is 1. The first-order valence-electron chi connectivity index (χ1n) is 7.82. The largest absolute Gasteiger partial charge is 0.374 e. The maximum absolute atomic E-state index is 6.24. The van der Waals surface area contributed by atoms with E-state index in [-0.39, 0.29) is 5.60 Å². The Bertz CT molecular complexity index is 398. The van der Waals surface area contributed by atoms with Crippen LogP contribution in [0.15, 0.2) is 24.3 Å². The van der Waals surface area contributed by atoms with Gasteiger partial charge in [0.15, 0.2) is 0 Å². The van der Waals surface area contributed by atoms with Crippen molar-refractivity contribution in [1.29, 1.82) is 0 Å². The molecule has 0 amide bonds. The molecule has 1 N–H and O–H groups in total. The molecule has 112 valence electrons. The van der Waals surface area contributed by atoms with Crippen molar-refractivity contribution in [3.8, 4) is 0 Å². The highest BCUT2D eigenvalue weighted by Crippen LogP contribution is 2.37. The van der Waals surface area contributed by atoms with Crippen LogP contribution >= 0.6 is 22.6 Å². The lowest BCUT2D eigenvalue weighted by atomic mass is 9.87. The van der Waals surface area contributed by atoms with Crippen molar-refractivity contribution < 1.29 is 4.74 Å². The summed E-state index contributed by atoms with van der Waals surface area (Å²) in [4.78, 5) is 0. The standard InChI is InChI=1S/C17H26INO/c1-3-19-16(13-14-7-9-15(18)10-8-14)17(20-4-2)11-5-6-12-17/h7-10,16,19H,3-6,11-13H2,1-2H3. The molecule has 2 rings (SSSR count). The van der Waals surface area contributed by atoms with Crippen molar-refractivity contribution in [1.82, 2.24) is 5.32 Å². The highest BCUT2D eigenvalue weighted by atomic mass is 127. The van der Waals surface area contributed by atoms with Crippen molar-refractivity contribution >= 4 is 22.6 Å². The molecule has 0 aromatic heterocycles. The van der Waals surface area contributed by atoms with Crippen LogP contribution in [0.1, 0.15) is 45.1 Å². The van der Waals surface area contributed by atoms with Crippen LogP contribution in [0.4, 0.5) is 0 Å². The van der Waals surface area contributed by atoms with Crippen LogP contribution in [0.25, 0.3) is 0 Å². The average molecular weight is 387 g/mol. The highest BCUT2D eigenvalue weighted by Gasteiger charge is 2.41. The monoisotopic (exact) mass is 387 g/mol. The summed E-state index contributed by atoms with van der Waals surface area (Å²) in [7, 11) is 0. The number of benzene rings is 1. The maximum atomic E-state index is 6.24. The number of ether oxygens (including phenoxy) is 1. The lowest BCUT2D eigenvalue weighted by molar-refractivity contribution is -0.0609. The molecule has 1 saturated carbocycles. The van der Waals surface area contributed by atoms with E-state index in [2.05, 4.69) is 66.0 Å². The number of halogens is 1. The van der Waals surface area contributed by atoms with Crippen molar-refractivity contribution in [2.75, 3.05) is 13.2 Å². The Kier molecular flexibility index (Phi) is 6.30. The minimum absolute atomic E-state index is 0.0494. The zero-order valence-corrected chi connectivity index (χ0v) is 14.8. The van der Waals surface area contributed by atoms with Gasteiger partial charge in [-0.05, 0) is 73.0 Å². The van der Waals surface area contributed by atoms with Gasteiger partial charge < -0.3 is 10.1 Å². The summed E-state index contributed by atoms with van der Waals surface area (Å²) in [6, 6.07) is 9.32. The van der Waals surface area contributed by atoms with Gasteiger partial charge in [0, 0.05) is 16.2 Å². The van der Waals surface area contributed by atoms with Gasteiger partial charge in [-0.15, -0.1) is 0 Å². The van der Waals surface area contributed by atoms with E-state index in [4.69, 9.17) is 4.74 Å². The van der Waals surface area contributed by atoms with E-state index in [0.29, 0.717) is 6.04 Å². The SMILES string of the molecule is CCNC(Cc1ccc(I)cc1)C1(OCC)CCCC1. The van der Waals surface area contributed by atoms with E-state index in [0.717, 1.165) is 19.6 Å². The van der Waals surface area contributed by atoms with Gasteiger partial charge in [0.25, 0.3) is 0 Å². The molecule has 0 heterocycles. The highest BCUT2D eigenvalue weighted by molar-refractivity contribution is 14.1. The normalized spacial score (nSPS) is 19.1. The Morgan fingerprint density at radius 1 is 1.20 bits per heavy atom. The average Bonchev–Trinajstić information content (AvgIpc) is 2.91. The zero-order chi connectivity index (χ0) is 14.4. The van der Waals surface area contributed by atoms with Crippen LogP contribution in [0.2, 0.25) is 0 Å². The molecule has 2 nitrogen and oxygen atoms in total. The Labute approximate surface area is 136 Å². The first kappa shape index (κ1) is 16.2. The molecule has 1 aliphatic rings. The Balaban J connectivity index is 2.14. The summed E-state index contributed by atoms with van der Waals surface area (Å²) < 4.78 is 7.53. The van der Waals surface area contributed by atoms with Crippen molar-refractivity contribution in [2.24, 2.45) is 0 Å². The second-order valence-corrected chi connectivity index (χ2v) is 6.89. The fraction of sp³-hybridized carbons (Fsp3) is 0.647. The number of hydrogen-bond acceptors (Lipinski definition) is 2. The smallest absolute Gasteiger partial charge is 0.0837 e. The molecule has 20 heavy (non-hydrogen) atoms. The van der Waals surface area contributed by atoms with E-state index in [1.807, 2.05) is 0 Å². The fourth-order valence-electron chi connectivity index (χ4n) is 3.40. The molecular formula is C17H26INO. The first-order chi connectivity index (χ1) is 9.70. The Morgan fingerprint density at radius 2 is 1.85 bits per heavy atom. The minimum atomic E-state index is 0.0494. The van der Waals surface area contributed by atoms with E-state index in [1.54, 1.807) is 0 Å². The molecule has 0 radical (unpaired) electrons. The van der Waals surface area contributed by atoms with Crippen LogP contribution in [0.3, 0.4) is 0 Å². The molecular weight excluding hydrogens is 361 g/mol. The lowest BCUT2D eigenvalue weighted by Crippen LogP contribution is -2.52. The molecule has 0 saturated heterocycles. The second kappa shape index (κ2) is 7.76. The lowest BCUT2D eigenvalue weighted by Gasteiger charge is -2.38. The Morgan fingerprint density at radius 3 is 2.40 bits per heavy atom. The number of nitrogens with one attached hydrogen (secondary N) is 1. The summed E-state index contributed by atoms with van der Waals surface area (Å²) in [6.07, 6.45) is 6.06. The maximum Gasteiger partial charge on any atom is 0.0837 e. The molecule has 1 aromatic rings. The molecule has 1 atom stereocenters. The minimum Gasteiger partial charge on any atom is -0.374 e. The predicted octanol–water partition coefficient (Wildman–Crippen LogP) is 4.16. The van der Waals surface area contributed by atoms with Crippen LogP contribution in [0.5, 0.6) is 0 Å². The Hall–Kier alpha value is -0.130. The van der Waals surface area contributed by atoms with Crippen molar-refractivity contribution in [3.05, 3.63) is 33.4 Å². The van der Waals surface area contributed by atoms with Gasteiger partial charge in [0.05, 0.1) is 5.60 Å². The van der Waals surface area contributed by atoms with Gasteiger partial charge in [-0.1, -0.05) is 31.9 Å². The molecule has 1 fully saturated rings.